The zero-order chi connectivity index (χ0) is 25.2. The van der Waals surface area contributed by atoms with Crippen LogP contribution in [0.2, 0.25) is 0 Å². The van der Waals surface area contributed by atoms with Crippen LogP contribution in [0, 0.1) is 13.8 Å². The van der Waals surface area contributed by atoms with Crippen LogP contribution in [0.4, 0.5) is 11.6 Å². The van der Waals surface area contributed by atoms with Crippen molar-refractivity contribution in [1.82, 2.24) is 19.7 Å². The van der Waals surface area contributed by atoms with Gasteiger partial charge in [-0.25, -0.2) is 4.68 Å². The van der Waals surface area contributed by atoms with E-state index in [1.807, 2.05) is 44.2 Å². The molecule has 36 heavy (non-hydrogen) atoms. The van der Waals surface area contributed by atoms with E-state index < -0.39 is 6.04 Å². The molecule has 0 aliphatic carbocycles. The van der Waals surface area contributed by atoms with Crippen LogP contribution in [0.1, 0.15) is 36.6 Å². The molecule has 1 unspecified atom stereocenters. The van der Waals surface area contributed by atoms with Crippen molar-refractivity contribution in [1.29, 1.82) is 0 Å². The molecule has 1 aliphatic heterocycles. The van der Waals surface area contributed by atoms with Crippen molar-refractivity contribution in [3.05, 3.63) is 95.0 Å². The molecule has 0 radical (unpaired) electrons. The third-order valence-corrected chi connectivity index (χ3v) is 6.30. The molecule has 0 spiro atoms. The third-order valence-electron chi connectivity index (χ3n) is 6.30. The van der Waals surface area contributed by atoms with Gasteiger partial charge in [0.1, 0.15) is 11.8 Å². The maximum Gasteiger partial charge on any atom is 0.255 e. The van der Waals surface area contributed by atoms with Gasteiger partial charge in [0.2, 0.25) is 5.95 Å². The minimum Gasteiger partial charge on any atom is -0.494 e. The standard InChI is InChI=1S/C28H28N6O2/c1-5-36-23-11-7-6-10-22(23)25-24(27(35)31-21-9-8-14-29-16-21)19(4)30-28-32-26(33-34(25)28)20-13-12-17(2)18(3)15-20/h6-16,25H,5H2,1-4H3,(H,31,35)(H,30,32,33). The Morgan fingerprint density at radius 2 is 1.92 bits per heavy atom. The van der Waals surface area contributed by atoms with E-state index in [9.17, 15) is 4.79 Å². The highest BCUT2D eigenvalue weighted by molar-refractivity contribution is 6.06. The molecule has 1 amide bonds. The Bertz CT molecular complexity index is 1460. The Balaban J connectivity index is 1.64. The first kappa shape index (κ1) is 23.3. The number of ether oxygens (including phenoxy) is 1. The minimum absolute atomic E-state index is 0.252. The van der Waals surface area contributed by atoms with Crippen molar-refractivity contribution in [3.8, 4) is 17.1 Å². The van der Waals surface area contributed by atoms with E-state index in [2.05, 4.69) is 41.6 Å². The first-order valence-electron chi connectivity index (χ1n) is 11.9. The lowest BCUT2D eigenvalue weighted by molar-refractivity contribution is -0.113. The topological polar surface area (TPSA) is 94.0 Å². The highest BCUT2D eigenvalue weighted by Crippen LogP contribution is 2.40. The number of allylic oxidation sites excluding steroid dienone is 1. The van der Waals surface area contributed by atoms with Crippen molar-refractivity contribution in [2.75, 3.05) is 17.2 Å². The second-order valence-electron chi connectivity index (χ2n) is 8.74. The van der Waals surface area contributed by atoms with Crippen LogP contribution < -0.4 is 15.4 Å². The van der Waals surface area contributed by atoms with Gasteiger partial charge < -0.3 is 15.4 Å². The molecular formula is C28H28N6O2. The fourth-order valence-corrected chi connectivity index (χ4v) is 4.36. The Morgan fingerprint density at radius 3 is 2.67 bits per heavy atom. The minimum atomic E-state index is -0.548. The number of amides is 1. The molecule has 1 aliphatic rings. The van der Waals surface area contributed by atoms with Crippen molar-refractivity contribution < 1.29 is 9.53 Å². The number of benzene rings is 2. The number of nitrogens with zero attached hydrogens (tertiary/aromatic N) is 4. The largest absolute Gasteiger partial charge is 0.494 e. The number of rotatable bonds is 6. The van der Waals surface area contributed by atoms with Gasteiger partial charge in [-0.15, -0.1) is 5.10 Å². The fourth-order valence-electron chi connectivity index (χ4n) is 4.36. The number of fused-ring (bicyclic) bond motifs is 1. The summed E-state index contributed by atoms with van der Waals surface area (Å²) in [7, 11) is 0. The Hall–Kier alpha value is -4.46. The number of carbonyl (C=O) groups is 1. The monoisotopic (exact) mass is 480 g/mol. The first-order valence-corrected chi connectivity index (χ1v) is 11.9. The van der Waals surface area contributed by atoms with E-state index >= 15 is 0 Å². The van der Waals surface area contributed by atoms with Crippen LogP contribution >= 0.6 is 0 Å². The van der Waals surface area contributed by atoms with Gasteiger partial charge in [0, 0.05) is 23.0 Å². The maximum absolute atomic E-state index is 13.7. The molecule has 0 saturated carbocycles. The van der Waals surface area contributed by atoms with Gasteiger partial charge in [-0.05, 0) is 63.1 Å². The summed E-state index contributed by atoms with van der Waals surface area (Å²) < 4.78 is 7.73. The molecule has 0 bridgehead atoms. The molecule has 3 heterocycles. The van der Waals surface area contributed by atoms with E-state index in [1.165, 1.54) is 5.56 Å². The van der Waals surface area contributed by atoms with Gasteiger partial charge in [-0.3, -0.25) is 9.78 Å². The maximum atomic E-state index is 13.7. The molecule has 8 nitrogen and oxygen atoms in total. The van der Waals surface area contributed by atoms with Crippen LogP contribution in [-0.2, 0) is 4.79 Å². The lowest BCUT2D eigenvalue weighted by Gasteiger charge is -2.29. The van der Waals surface area contributed by atoms with Gasteiger partial charge in [0.05, 0.1) is 24.1 Å². The Labute approximate surface area is 210 Å². The summed E-state index contributed by atoms with van der Waals surface area (Å²) in [6.07, 6.45) is 3.28. The molecule has 2 aromatic carbocycles. The van der Waals surface area contributed by atoms with Crippen LogP contribution in [0.5, 0.6) is 5.75 Å². The van der Waals surface area contributed by atoms with E-state index in [-0.39, 0.29) is 5.91 Å². The Morgan fingerprint density at radius 1 is 1.08 bits per heavy atom. The number of aryl methyl sites for hydroxylation is 2. The van der Waals surface area contributed by atoms with E-state index in [0.29, 0.717) is 41.1 Å². The summed E-state index contributed by atoms with van der Waals surface area (Å²) in [5, 5.41) is 11.2. The lowest BCUT2D eigenvalue weighted by atomic mass is 9.94. The van der Waals surface area contributed by atoms with Crippen molar-refractivity contribution in [2.45, 2.75) is 33.7 Å². The predicted octanol–water partition coefficient (Wildman–Crippen LogP) is 5.28. The molecule has 8 heteroatoms. The van der Waals surface area contributed by atoms with Crippen molar-refractivity contribution in [3.63, 3.8) is 0 Å². The number of nitrogens with one attached hydrogen (secondary N) is 2. The molecule has 0 saturated heterocycles. The smallest absolute Gasteiger partial charge is 0.255 e. The van der Waals surface area contributed by atoms with E-state index in [0.717, 1.165) is 16.7 Å². The van der Waals surface area contributed by atoms with Crippen LogP contribution in [0.15, 0.2) is 78.3 Å². The molecular weight excluding hydrogens is 452 g/mol. The molecule has 2 aromatic heterocycles. The first-order chi connectivity index (χ1) is 17.5. The Kier molecular flexibility index (Phi) is 6.25. The second-order valence-corrected chi connectivity index (χ2v) is 8.74. The summed E-state index contributed by atoms with van der Waals surface area (Å²) >= 11 is 0. The second kappa shape index (κ2) is 9.65. The summed E-state index contributed by atoms with van der Waals surface area (Å²) in [6, 6.07) is 16.9. The molecule has 0 fully saturated rings. The van der Waals surface area contributed by atoms with E-state index in [4.69, 9.17) is 14.8 Å². The number of carbonyl (C=O) groups excluding carboxylic acids is 1. The summed E-state index contributed by atoms with van der Waals surface area (Å²) in [6.45, 7) is 8.46. The van der Waals surface area contributed by atoms with E-state index in [1.54, 1.807) is 29.2 Å². The number of hydrogen-bond donors (Lipinski definition) is 2. The quantitative estimate of drug-likeness (QED) is 0.390. The molecule has 5 rings (SSSR count). The average molecular weight is 481 g/mol. The van der Waals surface area contributed by atoms with Gasteiger partial charge in [-0.2, -0.15) is 4.98 Å². The van der Waals surface area contributed by atoms with Crippen molar-refractivity contribution >= 4 is 17.5 Å². The number of anilines is 2. The number of aromatic nitrogens is 4. The SMILES string of the molecule is CCOc1ccccc1C1C(C(=O)Nc2cccnc2)=C(C)Nc2nc(-c3ccc(C)c(C)c3)nn21. The summed E-state index contributed by atoms with van der Waals surface area (Å²) in [5.74, 6) is 1.59. The molecule has 4 aromatic rings. The van der Waals surface area contributed by atoms with Crippen LogP contribution in [0.25, 0.3) is 11.4 Å². The molecule has 182 valence electrons. The zero-order valence-electron chi connectivity index (χ0n) is 20.7. The third kappa shape index (κ3) is 4.33. The van der Waals surface area contributed by atoms with Crippen LogP contribution in [0.3, 0.4) is 0 Å². The highest BCUT2D eigenvalue weighted by atomic mass is 16.5. The normalized spacial score (nSPS) is 14.7. The van der Waals surface area contributed by atoms with Gasteiger partial charge in [0.15, 0.2) is 5.82 Å². The number of pyridine rings is 1. The lowest BCUT2D eigenvalue weighted by Crippen LogP contribution is -2.31. The zero-order valence-corrected chi connectivity index (χ0v) is 20.7. The van der Waals surface area contributed by atoms with Gasteiger partial charge >= 0.3 is 0 Å². The predicted molar refractivity (Wildman–Crippen MR) is 140 cm³/mol. The molecule has 1 atom stereocenters. The van der Waals surface area contributed by atoms with Crippen molar-refractivity contribution in [2.24, 2.45) is 0 Å². The molecule has 2 N–H and O–H groups in total. The van der Waals surface area contributed by atoms with Gasteiger partial charge in [0.25, 0.3) is 5.91 Å². The highest BCUT2D eigenvalue weighted by Gasteiger charge is 2.36. The van der Waals surface area contributed by atoms with Crippen LogP contribution in [-0.4, -0.2) is 32.3 Å². The number of para-hydroxylation sites is 1. The summed E-state index contributed by atoms with van der Waals surface area (Å²) in [5.41, 5.74) is 5.94. The average Bonchev–Trinajstić information content (AvgIpc) is 3.29. The number of hydrogen-bond acceptors (Lipinski definition) is 6. The van der Waals surface area contributed by atoms with Gasteiger partial charge in [-0.1, -0.05) is 30.3 Å². The summed E-state index contributed by atoms with van der Waals surface area (Å²) in [4.78, 5) is 22.6. The fraction of sp³-hybridized carbons (Fsp3) is 0.214.